The van der Waals surface area contributed by atoms with Gasteiger partial charge in [-0.3, -0.25) is 19.7 Å². The topological polar surface area (TPSA) is 108 Å². The summed E-state index contributed by atoms with van der Waals surface area (Å²) in [6, 6.07) is 10.7. The Morgan fingerprint density at radius 2 is 1.53 bits per heavy atom. The van der Waals surface area contributed by atoms with Crippen LogP contribution >= 0.6 is 0 Å². The first kappa shape index (κ1) is 22.9. The van der Waals surface area contributed by atoms with Crippen LogP contribution < -0.4 is 5.32 Å². The van der Waals surface area contributed by atoms with Crippen molar-refractivity contribution in [2.45, 2.75) is 52.4 Å². The quantitative estimate of drug-likeness (QED) is 0.301. The van der Waals surface area contributed by atoms with Gasteiger partial charge in [-0.05, 0) is 55.8 Å². The van der Waals surface area contributed by atoms with Crippen LogP contribution in [0.2, 0.25) is 0 Å². The van der Waals surface area contributed by atoms with E-state index in [1.54, 1.807) is 30.3 Å². The van der Waals surface area contributed by atoms with Crippen LogP contribution in [0.1, 0.15) is 73.1 Å². The van der Waals surface area contributed by atoms with Gasteiger partial charge in [0.05, 0.1) is 16.9 Å². The molecule has 0 aromatic heterocycles. The highest BCUT2D eigenvalue weighted by Gasteiger charge is 2.10. The van der Waals surface area contributed by atoms with E-state index in [4.69, 9.17) is 0 Å². The third-order valence-corrected chi connectivity index (χ3v) is 4.53. The number of nitrogens with one attached hydrogen (secondary N) is 1. The molecule has 0 aliphatic carbocycles. The molecule has 0 atom stereocenters. The molecule has 7 nitrogen and oxygen atoms in total. The predicted molar refractivity (Wildman–Crippen MR) is 115 cm³/mol. The Hall–Kier alpha value is -3.35. The van der Waals surface area contributed by atoms with Crippen molar-refractivity contribution in [3.05, 3.63) is 53.6 Å². The van der Waals surface area contributed by atoms with E-state index < -0.39 is 5.91 Å². The van der Waals surface area contributed by atoms with E-state index in [9.17, 15) is 19.5 Å². The average Bonchev–Trinajstić information content (AvgIpc) is 2.73. The van der Waals surface area contributed by atoms with Gasteiger partial charge in [-0.2, -0.15) is 10.2 Å². The number of Topliss-reactive ketones (excluding diaryl/α,β-unsaturated/α-hetero) is 1. The molecule has 0 unspecified atom stereocenters. The fourth-order valence-electron chi connectivity index (χ4n) is 2.81. The first-order chi connectivity index (χ1) is 14.4. The number of carbonyl (C=O) groups is 3. The predicted octanol–water partition coefficient (Wildman–Crippen LogP) is 5.63. The zero-order chi connectivity index (χ0) is 21.9. The zero-order valence-electron chi connectivity index (χ0n) is 17.4. The summed E-state index contributed by atoms with van der Waals surface area (Å²) in [4.78, 5) is 35.5. The van der Waals surface area contributed by atoms with Crippen LogP contribution in [-0.4, -0.2) is 22.7 Å². The third-order valence-electron chi connectivity index (χ3n) is 4.53. The Labute approximate surface area is 176 Å². The lowest BCUT2D eigenvalue weighted by Gasteiger charge is -2.04. The number of phenols is 1. The molecule has 0 heterocycles. The number of ketones is 1. The summed E-state index contributed by atoms with van der Waals surface area (Å²) in [6.07, 6.45) is 5.53. The Morgan fingerprint density at radius 3 is 2.20 bits per heavy atom. The smallest absolute Gasteiger partial charge is 0.257 e. The number of hydrogen-bond donors (Lipinski definition) is 2. The number of phenolic OH excluding ortho intramolecular Hbond substituents is 1. The monoisotopic (exact) mass is 409 g/mol. The molecule has 2 amide bonds. The van der Waals surface area contributed by atoms with E-state index in [0.29, 0.717) is 23.4 Å². The lowest BCUT2D eigenvalue weighted by molar-refractivity contribution is -0.120. The van der Waals surface area contributed by atoms with E-state index in [1.807, 2.05) is 0 Å². The van der Waals surface area contributed by atoms with Crippen LogP contribution in [0, 0.1) is 0 Å². The highest BCUT2D eigenvalue weighted by atomic mass is 16.3. The molecule has 0 aliphatic rings. The van der Waals surface area contributed by atoms with Crippen molar-refractivity contribution >= 4 is 29.0 Å². The minimum Gasteiger partial charge on any atom is -0.507 e. The first-order valence-electron chi connectivity index (χ1n) is 10.1. The number of imide groups is 1. The van der Waals surface area contributed by atoms with Crippen molar-refractivity contribution in [3.63, 3.8) is 0 Å². The molecule has 7 heteroatoms. The molecule has 0 bridgehead atoms. The van der Waals surface area contributed by atoms with E-state index in [-0.39, 0.29) is 23.0 Å². The van der Waals surface area contributed by atoms with Crippen molar-refractivity contribution < 1.29 is 19.5 Å². The van der Waals surface area contributed by atoms with Gasteiger partial charge in [0.1, 0.15) is 5.75 Å². The van der Waals surface area contributed by atoms with Crippen LogP contribution in [0.25, 0.3) is 0 Å². The SMILES string of the molecule is CCCCCCCC(=O)NC(=O)c1ccc(N=Nc2ccc(O)c(C(C)=O)c2)cc1. The van der Waals surface area contributed by atoms with Crippen molar-refractivity contribution in [1.82, 2.24) is 5.32 Å². The molecule has 2 rings (SSSR count). The van der Waals surface area contributed by atoms with E-state index in [2.05, 4.69) is 22.5 Å². The number of aromatic hydroxyl groups is 1. The van der Waals surface area contributed by atoms with Gasteiger partial charge in [-0.1, -0.05) is 32.6 Å². The lowest BCUT2D eigenvalue weighted by atomic mass is 10.1. The van der Waals surface area contributed by atoms with Crippen LogP contribution in [-0.2, 0) is 4.79 Å². The number of benzene rings is 2. The zero-order valence-corrected chi connectivity index (χ0v) is 17.4. The Kier molecular flexibility index (Phi) is 8.87. The first-order valence-corrected chi connectivity index (χ1v) is 10.1. The summed E-state index contributed by atoms with van der Waals surface area (Å²) in [6.45, 7) is 3.49. The summed E-state index contributed by atoms with van der Waals surface area (Å²) in [5, 5.41) is 20.2. The average molecular weight is 409 g/mol. The van der Waals surface area contributed by atoms with Gasteiger partial charge in [-0.15, -0.1) is 0 Å². The molecule has 2 aromatic carbocycles. The van der Waals surface area contributed by atoms with Crippen molar-refractivity contribution in [1.29, 1.82) is 0 Å². The van der Waals surface area contributed by atoms with E-state index in [0.717, 1.165) is 32.1 Å². The van der Waals surface area contributed by atoms with Crippen LogP contribution in [0.15, 0.2) is 52.7 Å². The second kappa shape index (κ2) is 11.6. The fourth-order valence-corrected chi connectivity index (χ4v) is 2.81. The number of amides is 2. The van der Waals surface area contributed by atoms with Crippen LogP contribution in [0.4, 0.5) is 11.4 Å². The highest BCUT2D eigenvalue weighted by Crippen LogP contribution is 2.25. The minimum absolute atomic E-state index is 0.104. The molecule has 0 aliphatic heterocycles. The molecule has 0 radical (unpaired) electrons. The molecule has 2 N–H and O–H groups in total. The van der Waals surface area contributed by atoms with E-state index >= 15 is 0 Å². The summed E-state index contributed by atoms with van der Waals surface area (Å²) in [5.41, 5.74) is 1.46. The van der Waals surface area contributed by atoms with Gasteiger partial charge < -0.3 is 5.11 Å². The number of nitrogens with zero attached hydrogens (tertiary/aromatic N) is 2. The summed E-state index contributed by atoms with van der Waals surface area (Å²) < 4.78 is 0. The molecule has 30 heavy (non-hydrogen) atoms. The van der Waals surface area contributed by atoms with Crippen LogP contribution in [0.5, 0.6) is 5.75 Å². The Morgan fingerprint density at radius 1 is 0.900 bits per heavy atom. The van der Waals surface area contributed by atoms with Crippen molar-refractivity contribution in [3.8, 4) is 5.75 Å². The Bertz CT molecular complexity index is 921. The largest absolute Gasteiger partial charge is 0.507 e. The van der Waals surface area contributed by atoms with E-state index in [1.165, 1.54) is 19.1 Å². The molecule has 0 fully saturated rings. The molecule has 2 aromatic rings. The Balaban J connectivity index is 1.90. The fraction of sp³-hybridized carbons (Fsp3) is 0.348. The van der Waals surface area contributed by atoms with Gasteiger partial charge in [0.2, 0.25) is 5.91 Å². The number of unbranched alkanes of at least 4 members (excludes halogenated alkanes) is 4. The summed E-state index contributed by atoms with van der Waals surface area (Å²) in [5.74, 6) is -1.08. The van der Waals surface area contributed by atoms with Gasteiger partial charge in [-0.25, -0.2) is 0 Å². The standard InChI is InChI=1S/C23H27N3O4/c1-3-4-5-6-7-8-22(29)24-23(30)17-9-11-18(12-10-17)25-26-19-13-14-21(28)20(15-19)16(2)27/h9-15,28H,3-8H2,1-2H3,(H,24,29,30). The second-order valence-corrected chi connectivity index (χ2v) is 7.05. The summed E-state index contributed by atoms with van der Waals surface area (Å²) >= 11 is 0. The van der Waals surface area contributed by atoms with Gasteiger partial charge in [0, 0.05) is 12.0 Å². The van der Waals surface area contributed by atoms with Crippen molar-refractivity contribution in [2.24, 2.45) is 10.2 Å². The maximum Gasteiger partial charge on any atom is 0.257 e. The number of hydrogen-bond acceptors (Lipinski definition) is 6. The van der Waals surface area contributed by atoms with Crippen molar-refractivity contribution in [2.75, 3.05) is 0 Å². The molecular formula is C23H27N3O4. The molecule has 0 saturated carbocycles. The maximum absolute atomic E-state index is 12.2. The molecule has 158 valence electrons. The van der Waals surface area contributed by atoms with Gasteiger partial charge >= 0.3 is 0 Å². The molecule has 0 spiro atoms. The van der Waals surface area contributed by atoms with Gasteiger partial charge in [0.25, 0.3) is 5.91 Å². The normalized spacial score (nSPS) is 10.9. The maximum atomic E-state index is 12.2. The highest BCUT2D eigenvalue weighted by molar-refractivity contribution is 6.04. The van der Waals surface area contributed by atoms with Gasteiger partial charge in [0.15, 0.2) is 5.78 Å². The number of carbonyl (C=O) groups excluding carboxylic acids is 3. The summed E-state index contributed by atoms with van der Waals surface area (Å²) in [7, 11) is 0. The molecule has 0 saturated heterocycles. The molecular weight excluding hydrogens is 382 g/mol. The lowest BCUT2D eigenvalue weighted by Crippen LogP contribution is -2.30. The number of azo groups is 1. The second-order valence-electron chi connectivity index (χ2n) is 7.05. The van der Waals surface area contributed by atoms with Crippen LogP contribution in [0.3, 0.4) is 0 Å². The minimum atomic E-state index is -0.443. The number of rotatable bonds is 10. The third kappa shape index (κ3) is 7.24.